The topological polar surface area (TPSA) is 123 Å². The molecule has 0 saturated carbocycles. The number of benzene rings is 1. The van der Waals surface area contributed by atoms with Gasteiger partial charge in [-0.2, -0.15) is 0 Å². The number of carbonyl (C=O) groups excluding carboxylic acids is 2. The molecule has 0 unspecified atom stereocenters. The van der Waals surface area contributed by atoms with Crippen molar-refractivity contribution < 1.29 is 14.3 Å². The van der Waals surface area contributed by atoms with Crippen LogP contribution in [0, 0.1) is 0 Å². The van der Waals surface area contributed by atoms with Crippen LogP contribution in [-0.4, -0.2) is 69.7 Å². The molecule has 1 aliphatic rings. The van der Waals surface area contributed by atoms with E-state index in [9.17, 15) is 9.59 Å². The molecule has 2 amide bonds. The summed E-state index contributed by atoms with van der Waals surface area (Å²) < 4.78 is 7.73. The fraction of sp³-hybridized carbons (Fsp3) is 0.353. The summed E-state index contributed by atoms with van der Waals surface area (Å²) in [5.41, 5.74) is 7.09. The summed E-state index contributed by atoms with van der Waals surface area (Å²) in [5.74, 6) is 0.546. The Hall–Kier alpha value is -1.93. The fourth-order valence-electron chi connectivity index (χ4n) is 2.67. The molecule has 3 N–H and O–H groups in total. The van der Waals surface area contributed by atoms with E-state index in [4.69, 9.17) is 10.5 Å². The molecule has 13 heteroatoms. The van der Waals surface area contributed by atoms with Crippen LogP contribution in [0.25, 0.3) is 10.2 Å². The Balaban J connectivity index is 1.31. The van der Waals surface area contributed by atoms with Gasteiger partial charge in [0.2, 0.25) is 16.9 Å². The average Bonchev–Trinajstić information content (AvgIpc) is 3.36. The monoisotopic (exact) mass is 482 g/mol. The van der Waals surface area contributed by atoms with E-state index >= 15 is 0 Å². The quantitative estimate of drug-likeness (QED) is 0.489. The summed E-state index contributed by atoms with van der Waals surface area (Å²) in [4.78, 5) is 30.9. The maximum absolute atomic E-state index is 12.3. The molecule has 4 rings (SSSR count). The second-order valence-electron chi connectivity index (χ2n) is 6.19. The first-order valence-electron chi connectivity index (χ1n) is 8.97. The first-order valence-corrected chi connectivity index (χ1v) is 12.6. The highest BCUT2D eigenvalue weighted by molar-refractivity contribution is 8.02. The third-order valence-corrected chi connectivity index (χ3v) is 8.12. The SMILES string of the molecule is Nc1nnc(SCC(=O)Nc2ccc3nc(SCC(=O)N4CCOCC4)sc3c2)s1. The van der Waals surface area contributed by atoms with E-state index in [1.807, 2.05) is 23.1 Å². The van der Waals surface area contributed by atoms with E-state index in [-0.39, 0.29) is 17.6 Å². The Labute approximate surface area is 188 Å². The molecule has 0 atom stereocenters. The highest BCUT2D eigenvalue weighted by Crippen LogP contribution is 2.31. The van der Waals surface area contributed by atoms with Crippen molar-refractivity contribution in [2.75, 3.05) is 48.9 Å². The molecule has 0 radical (unpaired) electrons. The zero-order valence-corrected chi connectivity index (χ0v) is 19.0. The van der Waals surface area contributed by atoms with E-state index in [2.05, 4.69) is 20.5 Å². The number of carbonyl (C=O) groups is 2. The number of ether oxygens (including phenoxy) is 1. The van der Waals surface area contributed by atoms with Crippen LogP contribution in [0.3, 0.4) is 0 Å². The molecule has 1 fully saturated rings. The van der Waals surface area contributed by atoms with Crippen LogP contribution < -0.4 is 11.1 Å². The van der Waals surface area contributed by atoms with Crippen LogP contribution in [0.2, 0.25) is 0 Å². The summed E-state index contributed by atoms with van der Waals surface area (Å²) in [6.45, 7) is 2.48. The maximum atomic E-state index is 12.3. The van der Waals surface area contributed by atoms with E-state index in [0.29, 0.717) is 47.2 Å². The van der Waals surface area contributed by atoms with Crippen molar-refractivity contribution in [2.45, 2.75) is 8.68 Å². The van der Waals surface area contributed by atoms with Gasteiger partial charge >= 0.3 is 0 Å². The van der Waals surface area contributed by atoms with E-state index in [1.165, 1.54) is 46.2 Å². The van der Waals surface area contributed by atoms with Gasteiger partial charge in [0.15, 0.2) is 8.68 Å². The molecule has 158 valence electrons. The third kappa shape index (κ3) is 5.60. The first-order chi connectivity index (χ1) is 14.6. The highest BCUT2D eigenvalue weighted by Gasteiger charge is 2.17. The summed E-state index contributed by atoms with van der Waals surface area (Å²) >= 11 is 5.49. The van der Waals surface area contributed by atoms with Crippen molar-refractivity contribution in [1.82, 2.24) is 20.1 Å². The van der Waals surface area contributed by atoms with Gasteiger partial charge in [0.1, 0.15) is 0 Å². The molecular formula is C17H18N6O3S4. The molecule has 1 saturated heterocycles. The van der Waals surface area contributed by atoms with Crippen LogP contribution in [-0.2, 0) is 14.3 Å². The summed E-state index contributed by atoms with van der Waals surface area (Å²) in [5, 5.41) is 10.9. The molecule has 0 aliphatic carbocycles. The van der Waals surface area contributed by atoms with Crippen molar-refractivity contribution in [3.63, 3.8) is 0 Å². The lowest BCUT2D eigenvalue weighted by molar-refractivity contribution is -0.132. The predicted molar refractivity (Wildman–Crippen MR) is 121 cm³/mol. The molecule has 1 aromatic carbocycles. The number of rotatable bonds is 7. The van der Waals surface area contributed by atoms with Gasteiger partial charge in [-0.15, -0.1) is 21.5 Å². The third-order valence-electron chi connectivity index (χ3n) is 4.08. The largest absolute Gasteiger partial charge is 0.378 e. The molecule has 3 heterocycles. The van der Waals surface area contributed by atoms with E-state index in [0.717, 1.165) is 14.6 Å². The standard InChI is InChI=1S/C17H18N6O3S4/c18-15-21-22-17(30-15)27-8-13(24)19-10-1-2-11-12(7-10)29-16(20-11)28-9-14(25)23-3-5-26-6-4-23/h1-2,7H,3-6,8-9H2,(H2,18,21)(H,19,24). The summed E-state index contributed by atoms with van der Waals surface area (Å²) in [6.07, 6.45) is 0. The number of hydrogen-bond donors (Lipinski definition) is 2. The van der Waals surface area contributed by atoms with Crippen LogP contribution >= 0.6 is 46.2 Å². The summed E-state index contributed by atoms with van der Waals surface area (Å²) in [7, 11) is 0. The second kappa shape index (κ2) is 9.92. The maximum Gasteiger partial charge on any atom is 0.234 e. The Morgan fingerprint density at radius 3 is 2.70 bits per heavy atom. The lowest BCUT2D eigenvalue weighted by atomic mass is 10.3. The smallest absolute Gasteiger partial charge is 0.234 e. The fourth-order valence-corrected chi connectivity index (χ4v) is 6.12. The minimum atomic E-state index is -0.136. The zero-order valence-electron chi connectivity index (χ0n) is 15.7. The molecule has 0 bridgehead atoms. The number of thioether (sulfide) groups is 2. The molecule has 2 aromatic heterocycles. The Kier molecular flexibility index (Phi) is 7.04. The van der Waals surface area contributed by atoms with Gasteiger partial charge in [0.25, 0.3) is 0 Å². The number of thiazole rings is 1. The molecule has 0 spiro atoms. The number of nitrogens with one attached hydrogen (secondary N) is 1. The first kappa shape index (κ1) is 21.3. The van der Waals surface area contributed by atoms with Crippen LogP contribution in [0.1, 0.15) is 0 Å². The number of nitrogens with zero attached hydrogens (tertiary/aromatic N) is 4. The number of anilines is 2. The van der Waals surface area contributed by atoms with E-state index < -0.39 is 0 Å². The van der Waals surface area contributed by atoms with Crippen molar-refractivity contribution in [2.24, 2.45) is 0 Å². The van der Waals surface area contributed by atoms with Gasteiger partial charge in [-0.1, -0.05) is 34.9 Å². The Morgan fingerprint density at radius 2 is 1.93 bits per heavy atom. The lowest BCUT2D eigenvalue weighted by Crippen LogP contribution is -2.41. The minimum Gasteiger partial charge on any atom is -0.378 e. The zero-order chi connectivity index (χ0) is 20.9. The number of nitrogen functional groups attached to an aromatic ring is 1. The van der Waals surface area contributed by atoms with Crippen LogP contribution in [0.4, 0.5) is 10.8 Å². The molecule has 9 nitrogen and oxygen atoms in total. The minimum absolute atomic E-state index is 0.102. The van der Waals surface area contributed by atoms with Gasteiger partial charge in [-0.25, -0.2) is 4.98 Å². The number of aromatic nitrogens is 3. The Morgan fingerprint density at radius 1 is 1.13 bits per heavy atom. The molecule has 1 aliphatic heterocycles. The normalized spacial score (nSPS) is 14.2. The number of morpholine rings is 1. The van der Waals surface area contributed by atoms with Gasteiger partial charge < -0.3 is 20.7 Å². The van der Waals surface area contributed by atoms with Crippen molar-refractivity contribution in [3.8, 4) is 0 Å². The number of fused-ring (bicyclic) bond motifs is 1. The highest BCUT2D eigenvalue weighted by atomic mass is 32.2. The lowest BCUT2D eigenvalue weighted by Gasteiger charge is -2.26. The van der Waals surface area contributed by atoms with Crippen LogP contribution in [0.15, 0.2) is 26.9 Å². The van der Waals surface area contributed by atoms with E-state index in [1.54, 1.807) is 0 Å². The van der Waals surface area contributed by atoms with Gasteiger partial charge in [0.05, 0.1) is 34.9 Å². The molecule has 3 aromatic rings. The van der Waals surface area contributed by atoms with Crippen molar-refractivity contribution in [1.29, 1.82) is 0 Å². The van der Waals surface area contributed by atoms with Crippen LogP contribution in [0.5, 0.6) is 0 Å². The number of nitrogens with two attached hydrogens (primary N) is 1. The second-order valence-corrected chi connectivity index (χ2v) is 10.7. The van der Waals surface area contributed by atoms with Gasteiger partial charge in [0, 0.05) is 18.8 Å². The number of hydrogen-bond acceptors (Lipinski definition) is 11. The van der Waals surface area contributed by atoms with Gasteiger partial charge in [-0.3, -0.25) is 9.59 Å². The number of amides is 2. The van der Waals surface area contributed by atoms with Gasteiger partial charge in [-0.05, 0) is 18.2 Å². The average molecular weight is 483 g/mol. The van der Waals surface area contributed by atoms with Crippen molar-refractivity contribution in [3.05, 3.63) is 18.2 Å². The molecule has 30 heavy (non-hydrogen) atoms. The molecular weight excluding hydrogens is 464 g/mol. The van der Waals surface area contributed by atoms with Crippen molar-refractivity contribution >= 4 is 79.0 Å². The predicted octanol–water partition coefficient (Wildman–Crippen LogP) is 2.41. The summed E-state index contributed by atoms with van der Waals surface area (Å²) in [6, 6.07) is 5.58. The Bertz CT molecular complexity index is 1050.